The first-order chi connectivity index (χ1) is 6.84. The fourth-order valence-electron chi connectivity index (χ4n) is 1.28. The second-order valence-electron chi connectivity index (χ2n) is 3.21. The van der Waals surface area contributed by atoms with Crippen LogP contribution in [0.2, 0.25) is 0 Å². The number of nitrogens with zero attached hydrogens (tertiary/aromatic N) is 1. The van der Waals surface area contributed by atoms with Gasteiger partial charge in [0.05, 0.1) is 13.2 Å². The van der Waals surface area contributed by atoms with E-state index >= 15 is 0 Å². The molecule has 0 spiro atoms. The average molecular weight is 199 g/mol. The Hall–Kier alpha value is -0.870. The minimum Gasteiger partial charge on any atom is -0.396 e. The van der Waals surface area contributed by atoms with Crippen molar-refractivity contribution in [2.75, 3.05) is 32.9 Å². The van der Waals surface area contributed by atoms with Gasteiger partial charge in [0, 0.05) is 19.7 Å². The molecule has 1 heterocycles. The second-order valence-corrected chi connectivity index (χ2v) is 3.21. The molecular formula is C10H17NO3. The Morgan fingerprint density at radius 2 is 2.14 bits per heavy atom. The highest BCUT2D eigenvalue weighted by Gasteiger charge is 2.13. The van der Waals surface area contributed by atoms with Gasteiger partial charge in [-0.3, -0.25) is 4.79 Å². The third-order valence-corrected chi connectivity index (χ3v) is 2.11. The highest BCUT2D eigenvalue weighted by atomic mass is 16.5. The number of amides is 1. The summed E-state index contributed by atoms with van der Waals surface area (Å²) in [6, 6.07) is 0. The van der Waals surface area contributed by atoms with Gasteiger partial charge in [-0.25, -0.2) is 0 Å². The van der Waals surface area contributed by atoms with Crippen LogP contribution in [-0.4, -0.2) is 48.8 Å². The highest BCUT2D eigenvalue weighted by molar-refractivity contribution is 5.87. The van der Waals surface area contributed by atoms with E-state index in [1.54, 1.807) is 11.0 Å². The molecule has 0 bridgehead atoms. The minimum atomic E-state index is 0.0474. The Kier molecular flexibility index (Phi) is 5.25. The van der Waals surface area contributed by atoms with Crippen LogP contribution in [0.4, 0.5) is 0 Å². The number of allylic oxidation sites excluding steroid dienone is 1. The summed E-state index contributed by atoms with van der Waals surface area (Å²) in [6.07, 6.45) is 4.87. The summed E-state index contributed by atoms with van der Waals surface area (Å²) in [6.45, 7) is 2.81. The number of unbranched alkanes of at least 4 members (excludes halogenated alkanes) is 1. The number of hydrogen-bond acceptors (Lipinski definition) is 3. The number of carbonyl (C=O) groups excluding carboxylic acids is 1. The third-order valence-electron chi connectivity index (χ3n) is 2.11. The lowest BCUT2D eigenvalue weighted by Crippen LogP contribution is -2.39. The molecule has 80 valence electrons. The molecule has 0 atom stereocenters. The van der Waals surface area contributed by atoms with E-state index < -0.39 is 0 Å². The van der Waals surface area contributed by atoms with Crippen molar-refractivity contribution in [2.45, 2.75) is 12.8 Å². The van der Waals surface area contributed by atoms with Crippen molar-refractivity contribution in [3.63, 3.8) is 0 Å². The average Bonchev–Trinajstić information content (AvgIpc) is 2.25. The van der Waals surface area contributed by atoms with Gasteiger partial charge >= 0.3 is 0 Å². The zero-order valence-electron chi connectivity index (χ0n) is 8.32. The number of carbonyl (C=O) groups is 1. The van der Waals surface area contributed by atoms with Crippen LogP contribution < -0.4 is 0 Å². The van der Waals surface area contributed by atoms with Crippen LogP contribution in [0.1, 0.15) is 12.8 Å². The van der Waals surface area contributed by atoms with E-state index in [1.807, 2.05) is 6.08 Å². The van der Waals surface area contributed by atoms with Crippen LogP contribution >= 0.6 is 0 Å². The summed E-state index contributed by atoms with van der Waals surface area (Å²) in [5.41, 5.74) is 0. The largest absolute Gasteiger partial charge is 0.396 e. The number of ether oxygens (including phenoxy) is 1. The molecule has 0 aromatic carbocycles. The van der Waals surface area contributed by atoms with Gasteiger partial charge in [0.1, 0.15) is 0 Å². The van der Waals surface area contributed by atoms with Crippen molar-refractivity contribution in [1.82, 2.24) is 4.90 Å². The van der Waals surface area contributed by atoms with E-state index in [2.05, 4.69) is 0 Å². The smallest absolute Gasteiger partial charge is 0.246 e. The van der Waals surface area contributed by atoms with E-state index in [0.29, 0.717) is 32.7 Å². The van der Waals surface area contributed by atoms with Crippen LogP contribution in [-0.2, 0) is 9.53 Å². The van der Waals surface area contributed by atoms with Gasteiger partial charge < -0.3 is 14.7 Å². The number of rotatable bonds is 4. The molecule has 1 fully saturated rings. The summed E-state index contributed by atoms with van der Waals surface area (Å²) in [5, 5.41) is 8.53. The number of aliphatic hydroxyl groups excluding tert-OH is 1. The molecule has 0 aliphatic carbocycles. The normalized spacial score (nSPS) is 17.6. The lowest BCUT2D eigenvalue weighted by Gasteiger charge is -2.25. The summed E-state index contributed by atoms with van der Waals surface area (Å²) in [5.74, 6) is 0.0474. The van der Waals surface area contributed by atoms with Gasteiger partial charge in [-0.15, -0.1) is 0 Å². The van der Waals surface area contributed by atoms with Crippen LogP contribution in [0.25, 0.3) is 0 Å². The standard InChI is InChI=1S/C10H17NO3/c12-7-3-1-2-4-10(13)11-5-8-14-9-6-11/h2,4,12H,1,3,5-9H2/b4-2+. The molecule has 1 N–H and O–H groups in total. The Morgan fingerprint density at radius 3 is 2.79 bits per heavy atom. The molecule has 1 rings (SSSR count). The molecule has 4 nitrogen and oxygen atoms in total. The Bertz CT molecular complexity index is 198. The van der Waals surface area contributed by atoms with Gasteiger partial charge in [-0.05, 0) is 18.9 Å². The van der Waals surface area contributed by atoms with Gasteiger partial charge in [-0.1, -0.05) is 6.08 Å². The number of hydrogen-bond donors (Lipinski definition) is 1. The Balaban J connectivity index is 2.22. The van der Waals surface area contributed by atoms with E-state index in [-0.39, 0.29) is 12.5 Å². The van der Waals surface area contributed by atoms with Crippen molar-refractivity contribution in [3.8, 4) is 0 Å². The van der Waals surface area contributed by atoms with E-state index in [0.717, 1.165) is 6.42 Å². The van der Waals surface area contributed by atoms with Crippen LogP contribution in [0.3, 0.4) is 0 Å². The zero-order chi connectivity index (χ0) is 10.2. The molecule has 0 unspecified atom stereocenters. The predicted octanol–water partition coefficient (Wildman–Crippen LogP) is 0.174. The summed E-state index contributed by atoms with van der Waals surface area (Å²) in [4.78, 5) is 13.3. The minimum absolute atomic E-state index is 0.0474. The summed E-state index contributed by atoms with van der Waals surface area (Å²) < 4.78 is 5.14. The van der Waals surface area contributed by atoms with Crippen molar-refractivity contribution in [3.05, 3.63) is 12.2 Å². The number of morpholine rings is 1. The molecule has 1 aliphatic rings. The van der Waals surface area contributed by atoms with Gasteiger partial charge in [0.25, 0.3) is 0 Å². The molecule has 0 aromatic rings. The molecule has 14 heavy (non-hydrogen) atoms. The summed E-state index contributed by atoms with van der Waals surface area (Å²) in [7, 11) is 0. The molecular weight excluding hydrogens is 182 g/mol. The monoisotopic (exact) mass is 199 g/mol. The van der Waals surface area contributed by atoms with Crippen molar-refractivity contribution >= 4 is 5.91 Å². The lowest BCUT2D eigenvalue weighted by molar-refractivity contribution is -0.129. The molecule has 1 amide bonds. The molecule has 0 saturated carbocycles. The first-order valence-electron chi connectivity index (χ1n) is 4.98. The maximum atomic E-state index is 11.5. The van der Waals surface area contributed by atoms with Gasteiger partial charge in [0.15, 0.2) is 0 Å². The maximum Gasteiger partial charge on any atom is 0.246 e. The van der Waals surface area contributed by atoms with E-state index in [4.69, 9.17) is 9.84 Å². The fourth-order valence-corrected chi connectivity index (χ4v) is 1.28. The van der Waals surface area contributed by atoms with Gasteiger partial charge in [-0.2, -0.15) is 0 Å². The molecule has 4 heteroatoms. The van der Waals surface area contributed by atoms with E-state index in [9.17, 15) is 4.79 Å². The molecule has 1 saturated heterocycles. The molecule has 0 radical (unpaired) electrons. The Morgan fingerprint density at radius 1 is 1.43 bits per heavy atom. The Labute approximate surface area is 84.2 Å². The van der Waals surface area contributed by atoms with E-state index in [1.165, 1.54) is 0 Å². The molecule has 0 aromatic heterocycles. The SMILES string of the molecule is O=C(/C=C/CCCO)N1CCOCC1. The van der Waals surface area contributed by atoms with Crippen molar-refractivity contribution in [2.24, 2.45) is 0 Å². The maximum absolute atomic E-state index is 11.5. The van der Waals surface area contributed by atoms with Gasteiger partial charge in [0.2, 0.25) is 5.91 Å². The third kappa shape index (κ3) is 3.89. The van der Waals surface area contributed by atoms with Crippen LogP contribution in [0.5, 0.6) is 0 Å². The predicted molar refractivity (Wildman–Crippen MR) is 52.9 cm³/mol. The van der Waals surface area contributed by atoms with Crippen molar-refractivity contribution < 1.29 is 14.6 Å². The molecule has 1 aliphatic heterocycles. The zero-order valence-corrected chi connectivity index (χ0v) is 8.32. The van der Waals surface area contributed by atoms with Crippen LogP contribution in [0.15, 0.2) is 12.2 Å². The first-order valence-corrected chi connectivity index (χ1v) is 4.98. The quantitative estimate of drug-likeness (QED) is 0.519. The number of aliphatic hydroxyl groups is 1. The summed E-state index contributed by atoms with van der Waals surface area (Å²) >= 11 is 0. The fraction of sp³-hybridized carbons (Fsp3) is 0.700. The topological polar surface area (TPSA) is 49.8 Å². The highest BCUT2D eigenvalue weighted by Crippen LogP contribution is 1.99. The van der Waals surface area contributed by atoms with Crippen LogP contribution in [0, 0.1) is 0 Å². The lowest BCUT2D eigenvalue weighted by atomic mass is 10.3. The second kappa shape index (κ2) is 6.56. The first kappa shape index (κ1) is 11.2. The van der Waals surface area contributed by atoms with Crippen molar-refractivity contribution in [1.29, 1.82) is 0 Å².